The number of rotatable bonds is 4. The predicted molar refractivity (Wildman–Crippen MR) is 77.2 cm³/mol. The third-order valence-electron chi connectivity index (χ3n) is 4.00. The van der Waals surface area contributed by atoms with Crippen LogP contribution in [0.25, 0.3) is 10.9 Å². The molecule has 5 heteroatoms. The summed E-state index contributed by atoms with van der Waals surface area (Å²) in [4.78, 5) is 2.25. The molecule has 1 fully saturated rings. The molecule has 1 saturated carbocycles. The number of anilines is 2. The number of hydrogen-bond acceptors (Lipinski definition) is 4. The van der Waals surface area contributed by atoms with Crippen LogP contribution in [0.4, 0.5) is 11.4 Å². The zero-order chi connectivity index (χ0) is 13.2. The van der Waals surface area contributed by atoms with Gasteiger partial charge in [0.05, 0.1) is 29.7 Å². The number of aliphatic hydroxyl groups excluding tert-OH is 1. The van der Waals surface area contributed by atoms with Crippen LogP contribution in [0.5, 0.6) is 0 Å². The SMILES string of the molecule is Nc1cc2cn[nH]c2cc1N(CCO)C1CCCC1. The minimum Gasteiger partial charge on any atom is -0.397 e. The fourth-order valence-corrected chi connectivity index (χ4v) is 3.07. The topological polar surface area (TPSA) is 78.2 Å². The van der Waals surface area contributed by atoms with Crippen LogP contribution in [-0.4, -0.2) is 34.5 Å². The van der Waals surface area contributed by atoms with E-state index in [0.29, 0.717) is 12.6 Å². The monoisotopic (exact) mass is 260 g/mol. The molecule has 102 valence electrons. The van der Waals surface area contributed by atoms with Crippen LogP contribution < -0.4 is 10.6 Å². The summed E-state index contributed by atoms with van der Waals surface area (Å²) in [5.74, 6) is 0. The number of benzene rings is 1. The summed E-state index contributed by atoms with van der Waals surface area (Å²) in [5, 5.41) is 17.4. The van der Waals surface area contributed by atoms with Crippen molar-refractivity contribution in [2.45, 2.75) is 31.7 Å². The maximum atomic E-state index is 9.32. The van der Waals surface area contributed by atoms with Crippen LogP contribution in [0.1, 0.15) is 25.7 Å². The third-order valence-corrected chi connectivity index (χ3v) is 4.00. The quantitative estimate of drug-likeness (QED) is 0.733. The van der Waals surface area contributed by atoms with Crippen molar-refractivity contribution in [3.63, 3.8) is 0 Å². The van der Waals surface area contributed by atoms with Crippen molar-refractivity contribution in [1.82, 2.24) is 10.2 Å². The van der Waals surface area contributed by atoms with Gasteiger partial charge in [-0.2, -0.15) is 5.10 Å². The van der Waals surface area contributed by atoms with E-state index in [1.54, 1.807) is 6.20 Å². The standard InChI is InChI=1S/C14H20N4O/c15-12-7-10-9-16-17-13(10)8-14(12)18(5-6-19)11-3-1-2-4-11/h7-9,11,19H,1-6,15H2,(H,16,17). The maximum absolute atomic E-state index is 9.32. The molecule has 1 aliphatic rings. The predicted octanol–water partition coefficient (Wildman–Crippen LogP) is 1.89. The Balaban J connectivity index is 2.00. The number of aromatic nitrogens is 2. The Morgan fingerprint density at radius 1 is 1.37 bits per heavy atom. The van der Waals surface area contributed by atoms with E-state index in [9.17, 15) is 5.11 Å². The Labute approximate surface area is 112 Å². The van der Waals surface area contributed by atoms with Crippen molar-refractivity contribution >= 4 is 22.3 Å². The lowest BCUT2D eigenvalue weighted by molar-refractivity contribution is 0.297. The highest BCUT2D eigenvalue weighted by Crippen LogP contribution is 2.33. The second-order valence-electron chi connectivity index (χ2n) is 5.22. The fraction of sp³-hybridized carbons (Fsp3) is 0.500. The molecule has 5 nitrogen and oxygen atoms in total. The number of hydrogen-bond donors (Lipinski definition) is 3. The van der Waals surface area contributed by atoms with Crippen molar-refractivity contribution in [2.24, 2.45) is 0 Å². The van der Waals surface area contributed by atoms with E-state index < -0.39 is 0 Å². The van der Waals surface area contributed by atoms with Gasteiger partial charge in [-0.15, -0.1) is 0 Å². The van der Waals surface area contributed by atoms with Crippen molar-refractivity contribution in [3.8, 4) is 0 Å². The third kappa shape index (κ3) is 2.26. The van der Waals surface area contributed by atoms with Gasteiger partial charge in [-0.3, -0.25) is 5.10 Å². The molecule has 0 unspecified atom stereocenters. The summed E-state index contributed by atoms with van der Waals surface area (Å²) in [6.45, 7) is 0.783. The van der Waals surface area contributed by atoms with Crippen LogP contribution in [0.3, 0.4) is 0 Å². The molecule has 1 aromatic heterocycles. The van der Waals surface area contributed by atoms with Crippen LogP contribution in [0.15, 0.2) is 18.3 Å². The zero-order valence-corrected chi connectivity index (χ0v) is 11.0. The molecule has 3 rings (SSSR count). The molecule has 1 aliphatic carbocycles. The normalized spacial score (nSPS) is 16.3. The number of H-pyrrole nitrogens is 1. The van der Waals surface area contributed by atoms with Crippen LogP contribution >= 0.6 is 0 Å². The number of fused-ring (bicyclic) bond motifs is 1. The van der Waals surface area contributed by atoms with E-state index in [-0.39, 0.29) is 6.61 Å². The zero-order valence-electron chi connectivity index (χ0n) is 11.0. The number of nitrogen functional groups attached to an aromatic ring is 1. The molecule has 0 saturated heterocycles. The van der Waals surface area contributed by atoms with Crippen LogP contribution in [0, 0.1) is 0 Å². The molecule has 0 radical (unpaired) electrons. The smallest absolute Gasteiger partial charge is 0.0672 e. The molecule has 1 aromatic carbocycles. The number of aromatic amines is 1. The average Bonchev–Trinajstić information content (AvgIpc) is 3.06. The molecular weight excluding hydrogens is 240 g/mol. The van der Waals surface area contributed by atoms with Gasteiger partial charge in [0, 0.05) is 18.0 Å². The Morgan fingerprint density at radius 3 is 2.89 bits per heavy atom. The number of aliphatic hydroxyl groups is 1. The summed E-state index contributed by atoms with van der Waals surface area (Å²) in [7, 11) is 0. The highest BCUT2D eigenvalue weighted by molar-refractivity contribution is 5.89. The van der Waals surface area contributed by atoms with Gasteiger partial charge in [-0.1, -0.05) is 12.8 Å². The lowest BCUT2D eigenvalue weighted by Crippen LogP contribution is -2.36. The van der Waals surface area contributed by atoms with Gasteiger partial charge in [0.25, 0.3) is 0 Å². The highest BCUT2D eigenvalue weighted by atomic mass is 16.3. The second kappa shape index (κ2) is 5.09. The molecule has 0 amide bonds. The number of nitrogens with one attached hydrogen (secondary N) is 1. The molecule has 0 atom stereocenters. The largest absolute Gasteiger partial charge is 0.397 e. The number of nitrogens with zero attached hydrogens (tertiary/aromatic N) is 2. The van der Waals surface area contributed by atoms with Gasteiger partial charge >= 0.3 is 0 Å². The summed E-state index contributed by atoms with van der Waals surface area (Å²) in [6.07, 6.45) is 6.67. The van der Waals surface area contributed by atoms with Gasteiger partial charge in [0.2, 0.25) is 0 Å². The van der Waals surface area contributed by atoms with E-state index in [1.165, 1.54) is 25.7 Å². The molecule has 4 N–H and O–H groups in total. The lowest BCUT2D eigenvalue weighted by atomic mass is 10.1. The molecule has 0 bridgehead atoms. The van der Waals surface area contributed by atoms with Gasteiger partial charge < -0.3 is 15.7 Å². The first-order valence-corrected chi connectivity index (χ1v) is 6.89. The summed E-state index contributed by atoms with van der Waals surface area (Å²) >= 11 is 0. The molecule has 2 aromatic rings. The Kier molecular flexibility index (Phi) is 3.29. The van der Waals surface area contributed by atoms with Crippen LogP contribution in [-0.2, 0) is 0 Å². The van der Waals surface area contributed by atoms with Crippen LogP contribution in [0.2, 0.25) is 0 Å². The highest BCUT2D eigenvalue weighted by Gasteiger charge is 2.24. The second-order valence-corrected chi connectivity index (χ2v) is 5.22. The molecule has 0 aliphatic heterocycles. The molecular formula is C14H20N4O. The maximum Gasteiger partial charge on any atom is 0.0672 e. The number of nitrogens with two attached hydrogens (primary N) is 1. The summed E-state index contributed by atoms with van der Waals surface area (Å²) < 4.78 is 0. The van der Waals surface area contributed by atoms with E-state index in [1.807, 2.05) is 12.1 Å². The fourth-order valence-electron chi connectivity index (χ4n) is 3.07. The minimum atomic E-state index is 0.150. The summed E-state index contributed by atoms with van der Waals surface area (Å²) in [6, 6.07) is 4.49. The average molecular weight is 260 g/mol. The van der Waals surface area contributed by atoms with Gasteiger partial charge in [-0.05, 0) is 25.0 Å². The molecule has 0 spiro atoms. The van der Waals surface area contributed by atoms with Gasteiger partial charge in [-0.25, -0.2) is 0 Å². The van der Waals surface area contributed by atoms with Crippen molar-refractivity contribution in [2.75, 3.05) is 23.8 Å². The molecule has 19 heavy (non-hydrogen) atoms. The van der Waals surface area contributed by atoms with E-state index in [2.05, 4.69) is 15.1 Å². The first-order chi connectivity index (χ1) is 9.29. The first-order valence-electron chi connectivity index (χ1n) is 6.89. The Morgan fingerprint density at radius 2 is 2.16 bits per heavy atom. The Bertz CT molecular complexity index is 560. The van der Waals surface area contributed by atoms with Gasteiger partial charge in [0.1, 0.15) is 0 Å². The van der Waals surface area contributed by atoms with E-state index in [4.69, 9.17) is 5.73 Å². The van der Waals surface area contributed by atoms with Crippen molar-refractivity contribution in [1.29, 1.82) is 0 Å². The lowest BCUT2D eigenvalue weighted by Gasteiger charge is -2.31. The van der Waals surface area contributed by atoms with Crippen molar-refractivity contribution in [3.05, 3.63) is 18.3 Å². The van der Waals surface area contributed by atoms with E-state index >= 15 is 0 Å². The van der Waals surface area contributed by atoms with E-state index in [0.717, 1.165) is 22.3 Å². The molecule has 1 heterocycles. The van der Waals surface area contributed by atoms with Crippen molar-refractivity contribution < 1.29 is 5.11 Å². The van der Waals surface area contributed by atoms with Gasteiger partial charge in [0.15, 0.2) is 0 Å². The minimum absolute atomic E-state index is 0.150. The first kappa shape index (κ1) is 12.3. The Hall–Kier alpha value is -1.75. The summed E-state index contributed by atoms with van der Waals surface area (Å²) in [5.41, 5.74) is 8.94.